The fourth-order valence-corrected chi connectivity index (χ4v) is 2.51. The van der Waals surface area contributed by atoms with E-state index in [0.717, 1.165) is 25.8 Å². The van der Waals surface area contributed by atoms with Crippen LogP contribution in [0.4, 0.5) is 0 Å². The number of hydrogen-bond donors (Lipinski definition) is 2. The third kappa shape index (κ3) is 4.64. The SMILES string of the molecule is CCN(C)C(=O)CNCC1(O)CCCC(C)C1. The maximum Gasteiger partial charge on any atom is 0.236 e. The van der Waals surface area contributed by atoms with Crippen LogP contribution in [0.1, 0.15) is 39.5 Å². The van der Waals surface area contributed by atoms with E-state index >= 15 is 0 Å². The molecule has 17 heavy (non-hydrogen) atoms. The minimum absolute atomic E-state index is 0.0833. The molecule has 1 aliphatic rings. The van der Waals surface area contributed by atoms with E-state index in [4.69, 9.17) is 0 Å². The Labute approximate surface area is 104 Å². The Morgan fingerprint density at radius 3 is 2.88 bits per heavy atom. The first-order valence-electron chi connectivity index (χ1n) is 6.64. The largest absolute Gasteiger partial charge is 0.389 e. The van der Waals surface area contributed by atoms with Gasteiger partial charge in [0.05, 0.1) is 12.1 Å². The van der Waals surface area contributed by atoms with E-state index < -0.39 is 5.60 Å². The Hall–Kier alpha value is -0.610. The maximum atomic E-state index is 11.6. The minimum atomic E-state index is -0.608. The average Bonchev–Trinajstić information content (AvgIpc) is 2.27. The molecular formula is C13H26N2O2. The van der Waals surface area contributed by atoms with Crippen molar-refractivity contribution < 1.29 is 9.90 Å². The van der Waals surface area contributed by atoms with E-state index in [0.29, 0.717) is 19.0 Å². The summed E-state index contributed by atoms with van der Waals surface area (Å²) < 4.78 is 0. The van der Waals surface area contributed by atoms with Crippen molar-refractivity contribution in [3.05, 3.63) is 0 Å². The molecule has 1 fully saturated rings. The highest BCUT2D eigenvalue weighted by Gasteiger charge is 2.32. The zero-order valence-electron chi connectivity index (χ0n) is 11.3. The normalized spacial score (nSPS) is 29.1. The van der Waals surface area contributed by atoms with Gasteiger partial charge in [-0.3, -0.25) is 4.79 Å². The Balaban J connectivity index is 2.27. The summed E-state index contributed by atoms with van der Waals surface area (Å²) in [5.41, 5.74) is -0.608. The van der Waals surface area contributed by atoms with Crippen molar-refractivity contribution in [3.8, 4) is 0 Å². The second-order valence-electron chi connectivity index (χ2n) is 5.44. The molecule has 2 atom stereocenters. The smallest absolute Gasteiger partial charge is 0.236 e. The van der Waals surface area contributed by atoms with Crippen LogP contribution in [0.5, 0.6) is 0 Å². The van der Waals surface area contributed by atoms with Gasteiger partial charge in [0.25, 0.3) is 0 Å². The Kier molecular flexibility index (Phi) is 5.40. The number of carbonyl (C=O) groups is 1. The molecule has 0 bridgehead atoms. The van der Waals surface area contributed by atoms with Gasteiger partial charge in [-0.2, -0.15) is 0 Å². The molecule has 0 aromatic carbocycles. The summed E-state index contributed by atoms with van der Waals surface area (Å²) in [5.74, 6) is 0.671. The summed E-state index contributed by atoms with van der Waals surface area (Å²) in [6.07, 6.45) is 3.99. The maximum absolute atomic E-state index is 11.6. The average molecular weight is 242 g/mol. The van der Waals surface area contributed by atoms with Crippen LogP contribution in [-0.4, -0.2) is 48.2 Å². The van der Waals surface area contributed by atoms with Gasteiger partial charge in [-0.25, -0.2) is 0 Å². The molecule has 0 radical (unpaired) electrons. The molecule has 100 valence electrons. The van der Waals surface area contributed by atoms with Gasteiger partial charge in [0, 0.05) is 20.1 Å². The predicted octanol–water partition coefficient (Wildman–Crippen LogP) is 0.995. The van der Waals surface area contributed by atoms with Crippen LogP contribution in [0, 0.1) is 5.92 Å². The van der Waals surface area contributed by atoms with Crippen LogP contribution in [0.25, 0.3) is 0 Å². The minimum Gasteiger partial charge on any atom is -0.389 e. The second kappa shape index (κ2) is 6.36. The fraction of sp³-hybridized carbons (Fsp3) is 0.923. The standard InChI is InChI=1S/C13H26N2O2/c1-4-15(3)12(16)9-14-10-13(17)7-5-6-11(2)8-13/h11,14,17H,4-10H2,1-3H3. The zero-order valence-corrected chi connectivity index (χ0v) is 11.3. The first kappa shape index (κ1) is 14.5. The van der Waals surface area contributed by atoms with Gasteiger partial charge < -0.3 is 15.3 Å². The van der Waals surface area contributed by atoms with Crippen LogP contribution in [-0.2, 0) is 4.79 Å². The molecule has 4 nitrogen and oxygen atoms in total. The molecule has 0 heterocycles. The lowest BCUT2D eigenvalue weighted by atomic mass is 9.79. The van der Waals surface area contributed by atoms with Crippen LogP contribution in [0.2, 0.25) is 0 Å². The van der Waals surface area contributed by atoms with Crippen molar-refractivity contribution in [1.29, 1.82) is 0 Å². The van der Waals surface area contributed by atoms with Crippen molar-refractivity contribution in [3.63, 3.8) is 0 Å². The zero-order chi connectivity index (χ0) is 12.9. The number of carbonyl (C=O) groups excluding carboxylic acids is 1. The molecule has 0 spiro atoms. The molecule has 0 aromatic rings. The molecule has 1 aliphatic carbocycles. The van der Waals surface area contributed by atoms with Gasteiger partial charge in [0.2, 0.25) is 5.91 Å². The summed E-state index contributed by atoms with van der Waals surface area (Å²) in [6.45, 7) is 5.71. The van der Waals surface area contributed by atoms with E-state index in [1.165, 1.54) is 6.42 Å². The van der Waals surface area contributed by atoms with Crippen LogP contribution in [0.3, 0.4) is 0 Å². The highest BCUT2D eigenvalue weighted by molar-refractivity contribution is 5.77. The Morgan fingerprint density at radius 1 is 1.59 bits per heavy atom. The van der Waals surface area contributed by atoms with Gasteiger partial charge in [-0.1, -0.05) is 19.8 Å². The number of aliphatic hydroxyl groups is 1. The third-order valence-corrected chi connectivity index (χ3v) is 3.70. The van der Waals surface area contributed by atoms with Gasteiger partial charge in [0.15, 0.2) is 0 Å². The second-order valence-corrected chi connectivity index (χ2v) is 5.44. The lowest BCUT2D eigenvalue weighted by Gasteiger charge is -2.35. The number of hydrogen-bond acceptors (Lipinski definition) is 3. The molecule has 4 heteroatoms. The molecular weight excluding hydrogens is 216 g/mol. The molecule has 1 saturated carbocycles. The summed E-state index contributed by atoms with van der Waals surface area (Å²) >= 11 is 0. The highest BCUT2D eigenvalue weighted by Crippen LogP contribution is 2.31. The molecule has 1 amide bonds. The van der Waals surface area contributed by atoms with Crippen molar-refractivity contribution in [2.75, 3.05) is 26.7 Å². The van der Waals surface area contributed by atoms with Gasteiger partial charge in [-0.05, 0) is 25.7 Å². The molecule has 2 unspecified atom stereocenters. The summed E-state index contributed by atoms with van der Waals surface area (Å²) in [5, 5.41) is 13.5. The molecule has 0 aromatic heterocycles. The molecule has 0 saturated heterocycles. The quantitative estimate of drug-likeness (QED) is 0.756. The summed E-state index contributed by atoms with van der Waals surface area (Å²) in [7, 11) is 1.79. The van der Waals surface area contributed by atoms with Crippen LogP contribution >= 0.6 is 0 Å². The first-order chi connectivity index (χ1) is 7.97. The monoisotopic (exact) mass is 242 g/mol. The van der Waals surface area contributed by atoms with E-state index in [2.05, 4.69) is 12.2 Å². The fourth-order valence-electron chi connectivity index (χ4n) is 2.51. The Morgan fingerprint density at radius 2 is 2.29 bits per heavy atom. The van der Waals surface area contributed by atoms with Crippen molar-refractivity contribution in [2.45, 2.75) is 45.1 Å². The topological polar surface area (TPSA) is 52.6 Å². The van der Waals surface area contributed by atoms with E-state index in [-0.39, 0.29) is 5.91 Å². The number of amides is 1. The van der Waals surface area contributed by atoms with Crippen molar-refractivity contribution in [2.24, 2.45) is 5.92 Å². The highest BCUT2D eigenvalue weighted by atomic mass is 16.3. The lowest BCUT2D eigenvalue weighted by Crippen LogP contribution is -2.46. The van der Waals surface area contributed by atoms with E-state index in [1.54, 1.807) is 11.9 Å². The lowest BCUT2D eigenvalue weighted by molar-refractivity contribution is -0.129. The number of likely N-dealkylation sites (N-methyl/N-ethyl adjacent to an activating group) is 1. The third-order valence-electron chi connectivity index (χ3n) is 3.70. The number of nitrogens with zero attached hydrogens (tertiary/aromatic N) is 1. The van der Waals surface area contributed by atoms with Gasteiger partial charge in [0.1, 0.15) is 0 Å². The van der Waals surface area contributed by atoms with Crippen LogP contribution < -0.4 is 5.32 Å². The first-order valence-corrected chi connectivity index (χ1v) is 6.64. The van der Waals surface area contributed by atoms with Crippen molar-refractivity contribution >= 4 is 5.91 Å². The predicted molar refractivity (Wildman–Crippen MR) is 68.8 cm³/mol. The molecule has 1 rings (SSSR count). The summed E-state index contributed by atoms with van der Waals surface area (Å²) in [6, 6.07) is 0. The van der Waals surface area contributed by atoms with Gasteiger partial charge in [-0.15, -0.1) is 0 Å². The molecule has 2 N–H and O–H groups in total. The number of nitrogens with one attached hydrogen (secondary N) is 1. The van der Waals surface area contributed by atoms with E-state index in [1.807, 2.05) is 6.92 Å². The number of rotatable bonds is 5. The summed E-state index contributed by atoms with van der Waals surface area (Å²) in [4.78, 5) is 13.2. The van der Waals surface area contributed by atoms with Crippen LogP contribution in [0.15, 0.2) is 0 Å². The van der Waals surface area contributed by atoms with Gasteiger partial charge >= 0.3 is 0 Å². The van der Waals surface area contributed by atoms with E-state index in [9.17, 15) is 9.90 Å². The Bertz CT molecular complexity index is 258. The molecule has 0 aliphatic heterocycles. The van der Waals surface area contributed by atoms with Crippen molar-refractivity contribution in [1.82, 2.24) is 10.2 Å².